The molecule has 3 rings (SSSR count). The van der Waals surface area contributed by atoms with Gasteiger partial charge in [0.25, 0.3) is 0 Å². The number of nitrogens with one attached hydrogen (secondary N) is 1. The summed E-state index contributed by atoms with van der Waals surface area (Å²) in [5, 5.41) is 11.8. The van der Waals surface area contributed by atoms with Crippen molar-refractivity contribution < 1.29 is 13.6 Å². The fraction of sp³-hybridized carbons (Fsp3) is 0.278. The molecular weight excluding hydrogens is 355 g/mol. The van der Waals surface area contributed by atoms with Crippen molar-refractivity contribution in [3.63, 3.8) is 0 Å². The predicted molar refractivity (Wildman–Crippen MR) is 98.4 cm³/mol. The Labute approximate surface area is 154 Å². The molecule has 0 atom stereocenters. The molecule has 8 heteroatoms. The lowest BCUT2D eigenvalue weighted by atomic mass is 10.3. The van der Waals surface area contributed by atoms with Crippen molar-refractivity contribution >= 4 is 23.4 Å². The maximum atomic E-state index is 12.9. The van der Waals surface area contributed by atoms with E-state index in [1.165, 1.54) is 36.0 Å². The molecule has 136 valence electrons. The van der Waals surface area contributed by atoms with E-state index in [1.807, 2.05) is 10.6 Å². The van der Waals surface area contributed by atoms with E-state index < -0.39 is 0 Å². The summed E-state index contributed by atoms with van der Waals surface area (Å²) >= 11 is 1.31. The average Bonchev–Trinajstić information content (AvgIpc) is 3.29. The van der Waals surface area contributed by atoms with Gasteiger partial charge in [-0.05, 0) is 42.8 Å². The fourth-order valence-electron chi connectivity index (χ4n) is 2.36. The zero-order valence-electron chi connectivity index (χ0n) is 14.3. The van der Waals surface area contributed by atoms with Crippen LogP contribution in [0.15, 0.2) is 52.2 Å². The van der Waals surface area contributed by atoms with E-state index in [-0.39, 0.29) is 17.5 Å². The van der Waals surface area contributed by atoms with Crippen LogP contribution in [0.3, 0.4) is 0 Å². The lowest BCUT2D eigenvalue weighted by Gasteiger charge is -2.08. The number of amides is 1. The Hall–Kier alpha value is -2.61. The molecule has 2 aromatic heterocycles. The van der Waals surface area contributed by atoms with Gasteiger partial charge in [0.15, 0.2) is 16.7 Å². The highest BCUT2D eigenvalue weighted by Gasteiger charge is 2.17. The predicted octanol–water partition coefficient (Wildman–Crippen LogP) is 4.21. The normalized spacial score (nSPS) is 10.8. The molecule has 3 aromatic rings. The molecule has 1 amide bonds. The Balaban J connectivity index is 1.67. The lowest BCUT2D eigenvalue weighted by Crippen LogP contribution is -2.14. The summed E-state index contributed by atoms with van der Waals surface area (Å²) in [4.78, 5) is 12.1. The zero-order chi connectivity index (χ0) is 18.4. The third kappa shape index (κ3) is 4.51. The molecule has 0 saturated heterocycles. The number of anilines is 1. The van der Waals surface area contributed by atoms with Gasteiger partial charge in [0.05, 0.1) is 12.0 Å². The summed E-state index contributed by atoms with van der Waals surface area (Å²) in [6.45, 7) is 2.86. The van der Waals surface area contributed by atoms with Crippen LogP contribution >= 0.6 is 11.8 Å². The van der Waals surface area contributed by atoms with Crippen molar-refractivity contribution in [3.8, 4) is 11.6 Å². The van der Waals surface area contributed by atoms with Crippen LogP contribution in [0.2, 0.25) is 0 Å². The molecule has 0 saturated carbocycles. The van der Waals surface area contributed by atoms with E-state index in [4.69, 9.17) is 4.42 Å². The summed E-state index contributed by atoms with van der Waals surface area (Å²) in [6.07, 6.45) is 3.60. The second kappa shape index (κ2) is 8.66. The Morgan fingerprint density at radius 3 is 2.77 bits per heavy atom. The number of benzene rings is 1. The second-order valence-electron chi connectivity index (χ2n) is 5.63. The highest BCUT2D eigenvalue weighted by molar-refractivity contribution is 7.99. The number of hydrogen-bond donors (Lipinski definition) is 1. The van der Waals surface area contributed by atoms with Crippen LogP contribution < -0.4 is 5.32 Å². The van der Waals surface area contributed by atoms with Gasteiger partial charge in [-0.3, -0.25) is 9.36 Å². The van der Waals surface area contributed by atoms with Gasteiger partial charge in [0.1, 0.15) is 5.82 Å². The molecule has 0 radical (unpaired) electrons. The number of furan rings is 1. The van der Waals surface area contributed by atoms with Gasteiger partial charge in [0.2, 0.25) is 5.91 Å². The first-order chi connectivity index (χ1) is 12.7. The molecule has 0 aliphatic rings. The topological polar surface area (TPSA) is 73.0 Å². The second-order valence-corrected chi connectivity index (χ2v) is 6.57. The molecule has 26 heavy (non-hydrogen) atoms. The van der Waals surface area contributed by atoms with Crippen molar-refractivity contribution in [2.24, 2.45) is 0 Å². The van der Waals surface area contributed by atoms with E-state index in [2.05, 4.69) is 22.4 Å². The number of thioether (sulfide) groups is 1. The van der Waals surface area contributed by atoms with Gasteiger partial charge in [-0.2, -0.15) is 0 Å². The number of nitrogens with zero attached hydrogens (tertiary/aromatic N) is 3. The standard InChI is InChI=1S/C18H19FN4O2S/c1-2-3-10-23-17(15-5-4-11-25-15)21-22-18(23)26-12-16(24)20-14-8-6-13(19)7-9-14/h4-9,11H,2-3,10,12H2,1H3,(H,20,24). The van der Waals surface area contributed by atoms with Gasteiger partial charge >= 0.3 is 0 Å². The molecule has 0 aliphatic heterocycles. The van der Waals surface area contributed by atoms with E-state index >= 15 is 0 Å². The highest BCUT2D eigenvalue weighted by Crippen LogP contribution is 2.25. The smallest absolute Gasteiger partial charge is 0.234 e. The summed E-state index contributed by atoms with van der Waals surface area (Å²) in [5.41, 5.74) is 0.556. The molecule has 2 heterocycles. The van der Waals surface area contributed by atoms with E-state index in [0.29, 0.717) is 22.4 Å². The summed E-state index contributed by atoms with van der Waals surface area (Å²) in [5.74, 6) is 0.957. The zero-order valence-corrected chi connectivity index (χ0v) is 15.1. The molecule has 0 bridgehead atoms. The number of carbonyl (C=O) groups is 1. The Morgan fingerprint density at radius 2 is 2.08 bits per heavy atom. The van der Waals surface area contributed by atoms with Crippen LogP contribution in [0.25, 0.3) is 11.6 Å². The SMILES string of the molecule is CCCCn1c(SCC(=O)Nc2ccc(F)cc2)nnc1-c1ccco1. The summed E-state index contributed by atoms with van der Waals surface area (Å²) < 4.78 is 20.3. The number of halogens is 1. The van der Waals surface area contributed by atoms with Gasteiger partial charge in [-0.15, -0.1) is 10.2 Å². The molecule has 1 aromatic carbocycles. The number of rotatable bonds is 8. The number of carbonyl (C=O) groups excluding carboxylic acids is 1. The molecule has 0 spiro atoms. The summed E-state index contributed by atoms with van der Waals surface area (Å²) in [7, 11) is 0. The molecule has 6 nitrogen and oxygen atoms in total. The Bertz CT molecular complexity index is 847. The lowest BCUT2D eigenvalue weighted by molar-refractivity contribution is -0.113. The van der Waals surface area contributed by atoms with E-state index in [1.54, 1.807) is 12.3 Å². The molecule has 1 N–H and O–H groups in total. The van der Waals surface area contributed by atoms with Gasteiger partial charge in [-0.25, -0.2) is 4.39 Å². The van der Waals surface area contributed by atoms with Crippen molar-refractivity contribution in [1.82, 2.24) is 14.8 Å². The van der Waals surface area contributed by atoms with E-state index in [0.717, 1.165) is 19.4 Å². The van der Waals surface area contributed by atoms with Crippen molar-refractivity contribution in [1.29, 1.82) is 0 Å². The fourth-order valence-corrected chi connectivity index (χ4v) is 3.13. The van der Waals surface area contributed by atoms with Gasteiger partial charge in [-0.1, -0.05) is 25.1 Å². The maximum absolute atomic E-state index is 12.9. The third-order valence-electron chi connectivity index (χ3n) is 3.65. The Morgan fingerprint density at radius 1 is 1.27 bits per heavy atom. The van der Waals surface area contributed by atoms with Crippen LogP contribution in [-0.4, -0.2) is 26.4 Å². The largest absolute Gasteiger partial charge is 0.461 e. The van der Waals surface area contributed by atoms with Crippen molar-refractivity contribution in [2.75, 3.05) is 11.1 Å². The number of hydrogen-bond acceptors (Lipinski definition) is 5. The van der Waals surface area contributed by atoms with Crippen molar-refractivity contribution in [3.05, 3.63) is 48.5 Å². The minimum Gasteiger partial charge on any atom is -0.461 e. The first-order valence-electron chi connectivity index (χ1n) is 8.32. The summed E-state index contributed by atoms with van der Waals surface area (Å²) in [6, 6.07) is 9.30. The van der Waals surface area contributed by atoms with Crippen LogP contribution in [0.4, 0.5) is 10.1 Å². The Kier molecular flexibility index (Phi) is 6.06. The van der Waals surface area contributed by atoms with Gasteiger partial charge < -0.3 is 9.73 Å². The number of unbranched alkanes of at least 4 members (excludes halogenated alkanes) is 1. The molecule has 0 aliphatic carbocycles. The van der Waals surface area contributed by atoms with E-state index in [9.17, 15) is 9.18 Å². The van der Waals surface area contributed by atoms with Crippen LogP contribution in [0, 0.1) is 5.82 Å². The molecule has 0 unspecified atom stereocenters. The first-order valence-corrected chi connectivity index (χ1v) is 9.31. The third-order valence-corrected chi connectivity index (χ3v) is 4.62. The van der Waals surface area contributed by atoms with Crippen LogP contribution in [0.1, 0.15) is 19.8 Å². The van der Waals surface area contributed by atoms with Gasteiger partial charge in [0, 0.05) is 12.2 Å². The number of aromatic nitrogens is 3. The van der Waals surface area contributed by atoms with Crippen LogP contribution in [-0.2, 0) is 11.3 Å². The molecular formula is C18H19FN4O2S. The van der Waals surface area contributed by atoms with Crippen LogP contribution in [0.5, 0.6) is 0 Å². The monoisotopic (exact) mass is 374 g/mol. The maximum Gasteiger partial charge on any atom is 0.234 e. The molecule has 0 fully saturated rings. The average molecular weight is 374 g/mol. The minimum absolute atomic E-state index is 0.180. The quantitative estimate of drug-likeness (QED) is 0.598. The van der Waals surface area contributed by atoms with Crippen molar-refractivity contribution in [2.45, 2.75) is 31.5 Å². The minimum atomic E-state index is -0.341. The highest BCUT2D eigenvalue weighted by atomic mass is 32.2. The first kappa shape index (κ1) is 18.2.